The Hall–Kier alpha value is -0.530. The second kappa shape index (κ2) is 4.49. The Labute approximate surface area is 117 Å². The summed E-state index contributed by atoms with van der Waals surface area (Å²) in [5.41, 5.74) is -0.00551. The highest BCUT2D eigenvalue weighted by Crippen LogP contribution is 2.62. The van der Waals surface area contributed by atoms with E-state index in [1.54, 1.807) is 0 Å². The van der Waals surface area contributed by atoms with Gasteiger partial charge in [0.05, 0.1) is 6.42 Å². The van der Waals surface area contributed by atoms with Crippen molar-refractivity contribution in [2.24, 2.45) is 40.9 Å². The summed E-state index contributed by atoms with van der Waals surface area (Å²) in [6.45, 7) is 6.72. The highest BCUT2D eigenvalue weighted by Gasteiger charge is 2.55. The molecule has 0 aliphatic heterocycles. The van der Waals surface area contributed by atoms with Gasteiger partial charge in [-0.1, -0.05) is 20.8 Å². The molecule has 1 N–H and O–H groups in total. The average molecular weight is 264 g/mol. The molecular weight excluding hydrogens is 236 g/mol. The maximum Gasteiger partial charge on any atom is 0.303 e. The summed E-state index contributed by atoms with van der Waals surface area (Å²) in [6, 6.07) is 0. The Bertz CT molecular complexity index is 345. The maximum atomic E-state index is 11.4. The smallest absolute Gasteiger partial charge is 0.303 e. The van der Waals surface area contributed by atoms with Crippen LogP contribution >= 0.6 is 0 Å². The number of rotatable bonds is 4. The number of hydrogen-bond donors (Lipinski definition) is 1. The van der Waals surface area contributed by atoms with Crippen LogP contribution in [0.15, 0.2) is 0 Å². The molecule has 4 fully saturated rings. The third-order valence-corrected chi connectivity index (χ3v) is 6.84. The van der Waals surface area contributed by atoms with E-state index in [0.717, 1.165) is 23.7 Å². The predicted octanol–water partition coefficient (Wildman–Crippen LogP) is 4.20. The highest BCUT2D eigenvalue weighted by molar-refractivity contribution is 5.67. The zero-order valence-electron chi connectivity index (χ0n) is 12.6. The minimum atomic E-state index is -0.606. The van der Waals surface area contributed by atoms with Crippen LogP contribution in [0.5, 0.6) is 0 Å². The van der Waals surface area contributed by atoms with E-state index in [-0.39, 0.29) is 5.41 Å². The molecule has 0 aromatic rings. The molecule has 4 saturated carbocycles. The van der Waals surface area contributed by atoms with E-state index in [0.29, 0.717) is 18.3 Å². The Balaban J connectivity index is 1.88. The summed E-state index contributed by atoms with van der Waals surface area (Å²) < 4.78 is 0. The zero-order chi connectivity index (χ0) is 13.8. The third kappa shape index (κ3) is 2.11. The standard InChI is InChI=1S/C17H28O2/c1-10(2)17(3,9-15(18)19)16-13-5-11-4-12(7-13)8-14(16)6-11/h10-14,16H,4-9H2,1-3H3,(H,18,19). The minimum Gasteiger partial charge on any atom is -0.481 e. The lowest BCUT2D eigenvalue weighted by molar-refractivity contribution is -0.149. The second-order valence-corrected chi connectivity index (χ2v) is 8.19. The molecule has 0 spiro atoms. The number of hydrogen-bond acceptors (Lipinski definition) is 1. The van der Waals surface area contributed by atoms with Crippen LogP contribution < -0.4 is 0 Å². The summed E-state index contributed by atoms with van der Waals surface area (Å²) >= 11 is 0. The average Bonchev–Trinajstić information content (AvgIpc) is 2.25. The molecular formula is C17H28O2. The molecule has 1 atom stereocenters. The fourth-order valence-corrected chi connectivity index (χ4v) is 6.03. The van der Waals surface area contributed by atoms with Crippen molar-refractivity contribution in [2.45, 2.75) is 59.3 Å². The number of carboxylic acid groups (broad SMARTS) is 1. The molecule has 4 bridgehead atoms. The largest absolute Gasteiger partial charge is 0.481 e. The molecule has 2 nitrogen and oxygen atoms in total. The van der Waals surface area contributed by atoms with Crippen LogP contribution in [-0.2, 0) is 4.79 Å². The summed E-state index contributed by atoms with van der Waals surface area (Å²) in [4.78, 5) is 11.4. The summed E-state index contributed by atoms with van der Waals surface area (Å²) in [5.74, 6) is 4.11. The van der Waals surface area contributed by atoms with Crippen molar-refractivity contribution >= 4 is 5.97 Å². The van der Waals surface area contributed by atoms with E-state index in [2.05, 4.69) is 20.8 Å². The third-order valence-electron chi connectivity index (χ3n) is 6.84. The van der Waals surface area contributed by atoms with Gasteiger partial charge in [-0.05, 0) is 73.0 Å². The van der Waals surface area contributed by atoms with E-state index < -0.39 is 5.97 Å². The van der Waals surface area contributed by atoms with Crippen molar-refractivity contribution in [3.63, 3.8) is 0 Å². The van der Waals surface area contributed by atoms with Gasteiger partial charge >= 0.3 is 5.97 Å². The van der Waals surface area contributed by atoms with Crippen LogP contribution in [0.3, 0.4) is 0 Å². The molecule has 19 heavy (non-hydrogen) atoms. The van der Waals surface area contributed by atoms with E-state index in [1.807, 2.05) is 0 Å². The molecule has 0 aromatic heterocycles. The highest BCUT2D eigenvalue weighted by atomic mass is 16.4. The maximum absolute atomic E-state index is 11.4. The predicted molar refractivity (Wildman–Crippen MR) is 75.7 cm³/mol. The first kappa shape index (κ1) is 13.5. The monoisotopic (exact) mass is 264 g/mol. The first-order valence-corrected chi connectivity index (χ1v) is 8.12. The van der Waals surface area contributed by atoms with Crippen molar-refractivity contribution in [1.29, 1.82) is 0 Å². The van der Waals surface area contributed by atoms with Crippen molar-refractivity contribution in [1.82, 2.24) is 0 Å². The lowest BCUT2D eigenvalue weighted by Crippen LogP contribution is -2.53. The summed E-state index contributed by atoms with van der Waals surface area (Å²) in [5, 5.41) is 9.35. The van der Waals surface area contributed by atoms with Gasteiger partial charge in [0.15, 0.2) is 0 Å². The van der Waals surface area contributed by atoms with Crippen LogP contribution in [0, 0.1) is 40.9 Å². The molecule has 1 unspecified atom stereocenters. The molecule has 4 aliphatic rings. The lowest BCUT2D eigenvalue weighted by Gasteiger charge is -2.60. The van der Waals surface area contributed by atoms with Crippen molar-refractivity contribution in [3.8, 4) is 0 Å². The molecule has 4 aliphatic carbocycles. The van der Waals surface area contributed by atoms with Crippen LogP contribution in [0.4, 0.5) is 0 Å². The second-order valence-electron chi connectivity index (χ2n) is 8.19. The molecule has 0 saturated heterocycles. The summed E-state index contributed by atoms with van der Waals surface area (Å²) in [7, 11) is 0. The molecule has 108 valence electrons. The molecule has 2 heteroatoms. The molecule has 4 rings (SSSR count). The fraction of sp³-hybridized carbons (Fsp3) is 0.941. The van der Waals surface area contributed by atoms with Gasteiger partial charge in [-0.25, -0.2) is 0 Å². The topological polar surface area (TPSA) is 37.3 Å². The first-order chi connectivity index (χ1) is 8.90. The number of carbonyl (C=O) groups is 1. The van der Waals surface area contributed by atoms with Gasteiger partial charge in [-0.2, -0.15) is 0 Å². The van der Waals surface area contributed by atoms with Gasteiger partial charge in [-0.15, -0.1) is 0 Å². The quantitative estimate of drug-likeness (QED) is 0.826. The Morgan fingerprint density at radius 3 is 1.95 bits per heavy atom. The fourth-order valence-electron chi connectivity index (χ4n) is 6.03. The molecule has 0 aromatic carbocycles. The minimum absolute atomic E-state index is 0.00551. The Morgan fingerprint density at radius 1 is 1.11 bits per heavy atom. The molecule has 0 heterocycles. The van der Waals surface area contributed by atoms with Crippen LogP contribution in [0.1, 0.15) is 59.3 Å². The van der Waals surface area contributed by atoms with Gasteiger partial charge in [0.25, 0.3) is 0 Å². The first-order valence-electron chi connectivity index (χ1n) is 8.12. The van der Waals surface area contributed by atoms with Gasteiger partial charge in [0.1, 0.15) is 0 Å². The SMILES string of the molecule is CC(C)C(C)(CC(=O)O)C1C2CC3CC(C2)CC1C3. The van der Waals surface area contributed by atoms with E-state index >= 15 is 0 Å². The van der Waals surface area contributed by atoms with Gasteiger partial charge in [0.2, 0.25) is 0 Å². The van der Waals surface area contributed by atoms with E-state index in [9.17, 15) is 9.90 Å². The van der Waals surface area contributed by atoms with Crippen molar-refractivity contribution < 1.29 is 9.90 Å². The Kier molecular flexibility index (Phi) is 3.18. The van der Waals surface area contributed by atoms with Gasteiger partial charge < -0.3 is 5.11 Å². The molecule has 0 amide bonds. The zero-order valence-corrected chi connectivity index (χ0v) is 12.6. The Morgan fingerprint density at radius 2 is 1.58 bits per heavy atom. The van der Waals surface area contributed by atoms with Crippen molar-refractivity contribution in [3.05, 3.63) is 0 Å². The normalized spacial score (nSPS) is 43.5. The van der Waals surface area contributed by atoms with Gasteiger partial charge in [-0.3, -0.25) is 4.79 Å². The number of carboxylic acids is 1. The van der Waals surface area contributed by atoms with Crippen LogP contribution in [0.25, 0.3) is 0 Å². The van der Waals surface area contributed by atoms with E-state index in [4.69, 9.17) is 0 Å². The van der Waals surface area contributed by atoms with Crippen molar-refractivity contribution in [2.75, 3.05) is 0 Å². The lowest BCUT2D eigenvalue weighted by atomic mass is 9.45. The van der Waals surface area contributed by atoms with Crippen LogP contribution in [0.2, 0.25) is 0 Å². The van der Waals surface area contributed by atoms with Gasteiger partial charge in [0, 0.05) is 0 Å². The van der Waals surface area contributed by atoms with Crippen LogP contribution in [-0.4, -0.2) is 11.1 Å². The molecule has 0 radical (unpaired) electrons. The van der Waals surface area contributed by atoms with E-state index in [1.165, 1.54) is 32.1 Å². The number of aliphatic carboxylic acids is 1. The summed E-state index contributed by atoms with van der Waals surface area (Å²) in [6.07, 6.45) is 7.38.